The Hall–Kier alpha value is -2.50. The molecule has 2 heterocycles. The van der Waals surface area contributed by atoms with E-state index in [0.717, 1.165) is 29.7 Å². The van der Waals surface area contributed by atoms with Gasteiger partial charge in [0.25, 0.3) is 0 Å². The zero-order chi connectivity index (χ0) is 21.6. The Labute approximate surface area is 177 Å². The molecule has 2 fully saturated rings. The maximum Gasteiger partial charge on any atom is 0.211 e. The van der Waals surface area contributed by atoms with E-state index in [0.29, 0.717) is 36.7 Å². The van der Waals surface area contributed by atoms with Gasteiger partial charge in [0.1, 0.15) is 5.69 Å². The minimum atomic E-state index is -3.19. The lowest BCUT2D eigenvalue weighted by Crippen LogP contribution is -2.50. The molecule has 158 valence electrons. The van der Waals surface area contributed by atoms with Crippen LogP contribution in [-0.2, 0) is 10.0 Å². The highest BCUT2D eigenvalue weighted by atomic mass is 32.2. The molecule has 8 heteroatoms. The van der Waals surface area contributed by atoms with Crippen molar-refractivity contribution in [1.29, 1.82) is 5.26 Å². The van der Waals surface area contributed by atoms with Gasteiger partial charge in [-0.05, 0) is 50.7 Å². The van der Waals surface area contributed by atoms with Gasteiger partial charge in [0.05, 0.1) is 23.6 Å². The summed E-state index contributed by atoms with van der Waals surface area (Å²) in [6.07, 6.45) is 3.61. The van der Waals surface area contributed by atoms with Crippen LogP contribution in [0, 0.1) is 17.2 Å². The van der Waals surface area contributed by atoms with E-state index in [4.69, 9.17) is 10.4 Å². The van der Waals surface area contributed by atoms with Gasteiger partial charge < -0.3 is 0 Å². The predicted molar refractivity (Wildman–Crippen MR) is 114 cm³/mol. The van der Waals surface area contributed by atoms with E-state index in [1.807, 2.05) is 30.7 Å². The zero-order valence-corrected chi connectivity index (χ0v) is 18.3. The maximum atomic E-state index is 13.4. The molecule has 1 aromatic carbocycles. The first-order valence-corrected chi connectivity index (χ1v) is 12.1. The fourth-order valence-corrected chi connectivity index (χ4v) is 5.02. The molecular formula is C22H26N4O3S. The van der Waals surface area contributed by atoms with Gasteiger partial charge in [-0.3, -0.25) is 9.48 Å². The van der Waals surface area contributed by atoms with Gasteiger partial charge in [-0.2, -0.15) is 10.4 Å². The van der Waals surface area contributed by atoms with Crippen LogP contribution in [0.5, 0.6) is 0 Å². The van der Waals surface area contributed by atoms with Gasteiger partial charge in [-0.15, -0.1) is 0 Å². The molecule has 7 nitrogen and oxygen atoms in total. The summed E-state index contributed by atoms with van der Waals surface area (Å²) in [6, 6.07) is 9.49. The summed E-state index contributed by atoms with van der Waals surface area (Å²) in [5.74, 6) is 0.417. The topological polar surface area (TPSA) is 96.1 Å². The van der Waals surface area contributed by atoms with E-state index in [1.165, 1.54) is 10.6 Å². The average Bonchev–Trinajstić information content (AvgIpc) is 3.41. The van der Waals surface area contributed by atoms with Crippen LogP contribution in [0.1, 0.15) is 66.7 Å². The Kier molecular flexibility index (Phi) is 5.28. The number of carbonyl (C=O) groups is 1. The molecule has 0 spiro atoms. The van der Waals surface area contributed by atoms with Crippen LogP contribution in [0.2, 0.25) is 0 Å². The Balaban J connectivity index is 1.67. The third-order valence-corrected chi connectivity index (χ3v) is 7.08. The van der Waals surface area contributed by atoms with Crippen molar-refractivity contribution in [2.75, 3.05) is 19.3 Å². The van der Waals surface area contributed by atoms with Crippen LogP contribution in [-0.4, -0.2) is 47.6 Å². The molecule has 2 aliphatic rings. The summed E-state index contributed by atoms with van der Waals surface area (Å²) in [5.41, 5.74) is 4.01. The SMILES string of the molecule is CC(C)n1nc(-c2ccc(C#N)cc2)c(C2CC2)c1C(=O)CC1CN(S(C)(=O)=O)C1. The number of carbonyl (C=O) groups excluding carboxylic acids is 1. The number of hydrogen-bond donors (Lipinski definition) is 0. The number of aromatic nitrogens is 2. The normalized spacial score (nSPS) is 17.7. The monoisotopic (exact) mass is 426 g/mol. The number of Topliss-reactive ketones (excluding diaryl/α,β-unsaturated/α-hetero) is 1. The van der Waals surface area contributed by atoms with Crippen molar-refractivity contribution in [1.82, 2.24) is 14.1 Å². The molecule has 30 heavy (non-hydrogen) atoms. The molecule has 2 aromatic rings. The third-order valence-electron chi connectivity index (χ3n) is 5.84. The number of nitriles is 1. The molecule has 1 aliphatic carbocycles. The molecule has 1 saturated carbocycles. The maximum absolute atomic E-state index is 13.4. The average molecular weight is 427 g/mol. The van der Waals surface area contributed by atoms with E-state index >= 15 is 0 Å². The molecule has 0 bridgehead atoms. The molecular weight excluding hydrogens is 400 g/mol. The standard InChI is InChI=1S/C22H26N4O3S/c1-14(2)26-22(19(27)10-16-12-25(13-16)30(3,28)29)20(17-8-9-17)21(24-26)18-6-4-15(11-23)5-7-18/h4-7,14,16-17H,8-10,12-13H2,1-3H3. The molecule has 1 aliphatic heterocycles. The number of benzene rings is 1. The summed E-state index contributed by atoms with van der Waals surface area (Å²) in [4.78, 5) is 13.4. The van der Waals surface area contributed by atoms with Crippen molar-refractivity contribution in [3.05, 3.63) is 41.1 Å². The van der Waals surface area contributed by atoms with E-state index in [1.54, 1.807) is 12.1 Å². The third kappa shape index (κ3) is 3.92. The Bertz CT molecular complexity index is 1120. The smallest absolute Gasteiger partial charge is 0.211 e. The Morgan fingerprint density at radius 2 is 1.87 bits per heavy atom. The minimum Gasteiger partial charge on any atom is -0.292 e. The zero-order valence-electron chi connectivity index (χ0n) is 17.5. The number of nitrogens with zero attached hydrogens (tertiary/aromatic N) is 4. The largest absolute Gasteiger partial charge is 0.292 e. The van der Waals surface area contributed by atoms with Gasteiger partial charge in [0, 0.05) is 36.7 Å². The van der Waals surface area contributed by atoms with Gasteiger partial charge in [0.2, 0.25) is 10.0 Å². The first kappa shape index (κ1) is 20.8. The molecule has 0 amide bonds. The molecule has 1 aromatic heterocycles. The van der Waals surface area contributed by atoms with Crippen molar-refractivity contribution in [2.24, 2.45) is 5.92 Å². The van der Waals surface area contributed by atoms with Crippen LogP contribution < -0.4 is 0 Å². The van der Waals surface area contributed by atoms with Crippen LogP contribution in [0.3, 0.4) is 0 Å². The fourth-order valence-electron chi connectivity index (χ4n) is 4.05. The highest BCUT2D eigenvalue weighted by Gasteiger charge is 2.39. The molecule has 4 rings (SSSR count). The van der Waals surface area contributed by atoms with Crippen LogP contribution >= 0.6 is 0 Å². The summed E-state index contributed by atoms with van der Waals surface area (Å²) in [7, 11) is -3.19. The molecule has 0 N–H and O–H groups in total. The Morgan fingerprint density at radius 1 is 1.23 bits per heavy atom. The van der Waals surface area contributed by atoms with Gasteiger partial charge >= 0.3 is 0 Å². The lowest BCUT2D eigenvalue weighted by Gasteiger charge is -2.36. The second-order valence-corrected chi connectivity index (χ2v) is 10.7. The summed E-state index contributed by atoms with van der Waals surface area (Å²) < 4.78 is 26.5. The van der Waals surface area contributed by atoms with Crippen molar-refractivity contribution in [3.8, 4) is 17.3 Å². The van der Waals surface area contributed by atoms with Gasteiger partial charge in [0.15, 0.2) is 5.78 Å². The lowest BCUT2D eigenvalue weighted by atomic mass is 9.92. The summed E-state index contributed by atoms with van der Waals surface area (Å²) in [5, 5.41) is 13.9. The van der Waals surface area contributed by atoms with Crippen LogP contribution in [0.15, 0.2) is 24.3 Å². The summed E-state index contributed by atoms with van der Waals surface area (Å²) in [6.45, 7) is 4.83. The quantitative estimate of drug-likeness (QED) is 0.633. The van der Waals surface area contributed by atoms with E-state index < -0.39 is 10.0 Å². The molecule has 1 saturated heterocycles. The second kappa shape index (κ2) is 7.64. The van der Waals surface area contributed by atoms with Crippen molar-refractivity contribution in [3.63, 3.8) is 0 Å². The summed E-state index contributed by atoms with van der Waals surface area (Å²) >= 11 is 0. The Morgan fingerprint density at radius 3 is 2.37 bits per heavy atom. The number of hydrogen-bond acceptors (Lipinski definition) is 5. The number of rotatable bonds is 7. The van der Waals surface area contributed by atoms with E-state index in [-0.39, 0.29) is 17.7 Å². The lowest BCUT2D eigenvalue weighted by molar-refractivity contribution is 0.0892. The van der Waals surface area contributed by atoms with Gasteiger partial charge in [-0.25, -0.2) is 12.7 Å². The van der Waals surface area contributed by atoms with Crippen LogP contribution in [0.4, 0.5) is 0 Å². The van der Waals surface area contributed by atoms with Crippen molar-refractivity contribution in [2.45, 2.75) is 45.1 Å². The van der Waals surface area contributed by atoms with E-state index in [9.17, 15) is 13.2 Å². The van der Waals surface area contributed by atoms with Crippen LogP contribution in [0.25, 0.3) is 11.3 Å². The minimum absolute atomic E-state index is 0.0301. The predicted octanol–water partition coefficient (Wildman–Crippen LogP) is 3.34. The molecule has 0 atom stereocenters. The highest BCUT2D eigenvalue weighted by Crippen LogP contribution is 2.47. The first-order chi connectivity index (χ1) is 14.2. The first-order valence-electron chi connectivity index (χ1n) is 10.3. The van der Waals surface area contributed by atoms with Gasteiger partial charge in [-0.1, -0.05) is 12.1 Å². The molecule has 0 unspecified atom stereocenters. The fraction of sp³-hybridized carbons (Fsp3) is 0.500. The van der Waals surface area contributed by atoms with E-state index in [2.05, 4.69) is 6.07 Å². The number of ketones is 1. The highest BCUT2D eigenvalue weighted by molar-refractivity contribution is 7.88. The van der Waals surface area contributed by atoms with Crippen molar-refractivity contribution >= 4 is 15.8 Å². The van der Waals surface area contributed by atoms with Crippen molar-refractivity contribution < 1.29 is 13.2 Å². The number of sulfonamides is 1. The molecule has 0 radical (unpaired) electrons. The second-order valence-electron chi connectivity index (χ2n) is 8.69.